The van der Waals surface area contributed by atoms with E-state index in [1.54, 1.807) is 7.11 Å². The van der Waals surface area contributed by atoms with Gasteiger partial charge < -0.3 is 15.0 Å². The Bertz CT molecular complexity index is 303. The highest BCUT2D eigenvalue weighted by Gasteiger charge is 2.04. The summed E-state index contributed by atoms with van der Waals surface area (Å²) in [5, 5.41) is 3.48. The van der Waals surface area contributed by atoms with E-state index in [0.717, 1.165) is 39.2 Å². The highest BCUT2D eigenvalue weighted by molar-refractivity contribution is 5.45. The lowest BCUT2D eigenvalue weighted by Crippen LogP contribution is -2.33. The summed E-state index contributed by atoms with van der Waals surface area (Å²) >= 11 is 0. The molecule has 0 aliphatic heterocycles. The predicted octanol–water partition coefficient (Wildman–Crippen LogP) is 2.92. The van der Waals surface area contributed by atoms with Crippen molar-refractivity contribution >= 4 is 5.69 Å². The second kappa shape index (κ2) is 10.8. The number of nitrogens with one attached hydrogen (secondary N) is 1. The van der Waals surface area contributed by atoms with Gasteiger partial charge in [-0.1, -0.05) is 31.5 Å². The Morgan fingerprint density at radius 2 is 1.84 bits per heavy atom. The van der Waals surface area contributed by atoms with Gasteiger partial charge in [-0.3, -0.25) is 0 Å². The maximum absolute atomic E-state index is 5.04. The summed E-state index contributed by atoms with van der Waals surface area (Å²) in [6.45, 7) is 7.35. The first-order chi connectivity index (χ1) is 9.38. The molecule has 19 heavy (non-hydrogen) atoms. The molecule has 1 rings (SSSR count). The average Bonchev–Trinajstić information content (AvgIpc) is 2.46. The Hall–Kier alpha value is -1.06. The minimum absolute atomic E-state index is 0.839. The van der Waals surface area contributed by atoms with E-state index in [2.05, 4.69) is 47.5 Å². The van der Waals surface area contributed by atoms with Gasteiger partial charge in [0.1, 0.15) is 0 Å². The highest BCUT2D eigenvalue weighted by Crippen LogP contribution is 2.13. The lowest BCUT2D eigenvalue weighted by Gasteiger charge is -2.25. The van der Waals surface area contributed by atoms with Gasteiger partial charge in [0.05, 0.1) is 0 Å². The lowest BCUT2D eigenvalue weighted by molar-refractivity contribution is 0.194. The number of methoxy groups -OCH3 is 1. The summed E-state index contributed by atoms with van der Waals surface area (Å²) < 4.78 is 5.04. The number of benzene rings is 1. The highest BCUT2D eigenvalue weighted by atomic mass is 16.5. The lowest BCUT2D eigenvalue weighted by atomic mass is 10.2. The van der Waals surface area contributed by atoms with Crippen molar-refractivity contribution < 1.29 is 4.74 Å². The summed E-state index contributed by atoms with van der Waals surface area (Å²) in [5.74, 6) is 0. The minimum Gasteiger partial charge on any atom is -0.385 e. The van der Waals surface area contributed by atoms with Gasteiger partial charge in [0, 0.05) is 39.0 Å². The molecule has 0 saturated carbocycles. The molecule has 1 aromatic carbocycles. The zero-order chi connectivity index (χ0) is 13.8. The van der Waals surface area contributed by atoms with Gasteiger partial charge in [-0.15, -0.1) is 0 Å². The fourth-order valence-corrected chi connectivity index (χ4v) is 2.04. The van der Waals surface area contributed by atoms with Crippen molar-refractivity contribution in [2.45, 2.75) is 26.2 Å². The number of hydrogen-bond donors (Lipinski definition) is 1. The number of anilines is 1. The number of hydrogen-bond acceptors (Lipinski definition) is 3. The van der Waals surface area contributed by atoms with Crippen molar-refractivity contribution in [2.24, 2.45) is 0 Å². The predicted molar refractivity (Wildman–Crippen MR) is 82.9 cm³/mol. The van der Waals surface area contributed by atoms with Gasteiger partial charge in [0.2, 0.25) is 0 Å². The molecule has 0 heterocycles. The number of unbranched alkanes of at least 4 members (excludes halogenated alkanes) is 1. The van der Waals surface area contributed by atoms with Crippen molar-refractivity contribution in [3.8, 4) is 0 Å². The van der Waals surface area contributed by atoms with Crippen LogP contribution in [0.4, 0.5) is 5.69 Å². The summed E-state index contributed by atoms with van der Waals surface area (Å²) in [5.41, 5.74) is 1.33. The molecule has 0 unspecified atom stereocenters. The van der Waals surface area contributed by atoms with Crippen molar-refractivity contribution in [3.63, 3.8) is 0 Å². The second-order valence-electron chi connectivity index (χ2n) is 4.77. The normalized spacial score (nSPS) is 10.6. The van der Waals surface area contributed by atoms with Crippen LogP contribution < -0.4 is 10.2 Å². The molecular formula is C16H28N2O. The van der Waals surface area contributed by atoms with Crippen LogP contribution in [0.5, 0.6) is 0 Å². The zero-order valence-corrected chi connectivity index (χ0v) is 12.4. The van der Waals surface area contributed by atoms with Crippen molar-refractivity contribution in [3.05, 3.63) is 30.3 Å². The van der Waals surface area contributed by atoms with Gasteiger partial charge in [0.15, 0.2) is 0 Å². The van der Waals surface area contributed by atoms with E-state index < -0.39 is 0 Å². The fraction of sp³-hybridized carbons (Fsp3) is 0.625. The third-order valence-electron chi connectivity index (χ3n) is 3.16. The Morgan fingerprint density at radius 3 is 2.53 bits per heavy atom. The largest absolute Gasteiger partial charge is 0.385 e. The standard InChI is InChI=1S/C16H28N2O/c1-3-4-13-18(16-9-6-5-7-10-16)14-12-17-11-8-15-19-2/h5-7,9-10,17H,3-4,8,11-15H2,1-2H3. The van der Waals surface area contributed by atoms with Crippen LogP contribution in [-0.2, 0) is 4.74 Å². The van der Waals surface area contributed by atoms with E-state index in [0.29, 0.717) is 0 Å². The summed E-state index contributed by atoms with van der Waals surface area (Å²) in [4.78, 5) is 2.47. The number of rotatable bonds is 11. The van der Waals surface area contributed by atoms with Crippen LogP contribution in [0, 0.1) is 0 Å². The SMILES string of the molecule is CCCCN(CCNCCCOC)c1ccccc1. The van der Waals surface area contributed by atoms with Crippen LogP contribution in [0.2, 0.25) is 0 Å². The van der Waals surface area contributed by atoms with Crippen LogP contribution >= 0.6 is 0 Å². The summed E-state index contributed by atoms with van der Waals surface area (Å²) in [7, 11) is 1.75. The van der Waals surface area contributed by atoms with Crippen LogP contribution in [0.15, 0.2) is 30.3 Å². The zero-order valence-electron chi connectivity index (χ0n) is 12.4. The van der Waals surface area contributed by atoms with Crippen LogP contribution in [-0.4, -0.2) is 39.9 Å². The Balaban J connectivity index is 2.30. The van der Waals surface area contributed by atoms with E-state index in [-0.39, 0.29) is 0 Å². The van der Waals surface area contributed by atoms with Crippen molar-refractivity contribution in [2.75, 3.05) is 44.8 Å². The molecule has 0 amide bonds. The molecular weight excluding hydrogens is 236 g/mol. The molecule has 0 spiro atoms. The van der Waals surface area contributed by atoms with Crippen LogP contribution in [0.1, 0.15) is 26.2 Å². The van der Waals surface area contributed by atoms with E-state index >= 15 is 0 Å². The summed E-state index contributed by atoms with van der Waals surface area (Å²) in [6, 6.07) is 10.7. The molecule has 3 heteroatoms. The molecule has 0 aromatic heterocycles. The molecule has 1 aromatic rings. The first-order valence-corrected chi connectivity index (χ1v) is 7.38. The first kappa shape index (κ1) is 16.0. The quantitative estimate of drug-likeness (QED) is 0.622. The third kappa shape index (κ3) is 7.19. The molecule has 3 nitrogen and oxygen atoms in total. The van der Waals surface area contributed by atoms with Crippen molar-refractivity contribution in [1.29, 1.82) is 0 Å². The average molecular weight is 264 g/mol. The molecule has 0 bridgehead atoms. The van der Waals surface area contributed by atoms with Gasteiger partial charge in [0.25, 0.3) is 0 Å². The molecule has 0 fully saturated rings. The van der Waals surface area contributed by atoms with E-state index in [9.17, 15) is 0 Å². The molecule has 0 saturated heterocycles. The van der Waals surface area contributed by atoms with Crippen molar-refractivity contribution in [1.82, 2.24) is 5.32 Å². The molecule has 108 valence electrons. The van der Waals surface area contributed by atoms with Gasteiger partial charge in [-0.05, 0) is 31.5 Å². The Labute approximate surface area is 118 Å². The Kier molecular flexibility index (Phi) is 9.11. The molecule has 0 aliphatic carbocycles. The van der Waals surface area contributed by atoms with Gasteiger partial charge in [-0.25, -0.2) is 0 Å². The van der Waals surface area contributed by atoms with E-state index in [4.69, 9.17) is 4.74 Å². The van der Waals surface area contributed by atoms with E-state index in [1.807, 2.05) is 0 Å². The monoisotopic (exact) mass is 264 g/mol. The van der Waals surface area contributed by atoms with E-state index in [1.165, 1.54) is 18.5 Å². The molecule has 0 atom stereocenters. The maximum Gasteiger partial charge on any atom is 0.0474 e. The third-order valence-corrected chi connectivity index (χ3v) is 3.16. The number of nitrogens with zero attached hydrogens (tertiary/aromatic N) is 1. The Morgan fingerprint density at radius 1 is 1.05 bits per heavy atom. The smallest absolute Gasteiger partial charge is 0.0474 e. The van der Waals surface area contributed by atoms with Crippen LogP contribution in [0.25, 0.3) is 0 Å². The number of ether oxygens (including phenoxy) is 1. The second-order valence-corrected chi connectivity index (χ2v) is 4.77. The number of para-hydroxylation sites is 1. The van der Waals surface area contributed by atoms with Crippen LogP contribution in [0.3, 0.4) is 0 Å². The van der Waals surface area contributed by atoms with Gasteiger partial charge >= 0.3 is 0 Å². The molecule has 0 radical (unpaired) electrons. The fourth-order valence-electron chi connectivity index (χ4n) is 2.04. The topological polar surface area (TPSA) is 24.5 Å². The van der Waals surface area contributed by atoms with Gasteiger partial charge in [-0.2, -0.15) is 0 Å². The molecule has 0 aliphatic rings. The molecule has 1 N–H and O–H groups in total. The maximum atomic E-state index is 5.04. The summed E-state index contributed by atoms with van der Waals surface area (Å²) in [6.07, 6.45) is 3.57. The minimum atomic E-state index is 0.839. The first-order valence-electron chi connectivity index (χ1n) is 7.38.